The Morgan fingerprint density at radius 3 is 2.40 bits per heavy atom. The topological polar surface area (TPSA) is 30.5 Å². The molecule has 1 fully saturated rings. The molecule has 0 aliphatic heterocycles. The summed E-state index contributed by atoms with van der Waals surface area (Å²) in [7, 11) is 2.21. The molecule has 0 atom stereocenters. The fourth-order valence-corrected chi connectivity index (χ4v) is 3.41. The Labute approximate surface area is 95.4 Å². The first-order chi connectivity index (χ1) is 7.36. The van der Waals surface area contributed by atoms with Crippen LogP contribution in [0.3, 0.4) is 0 Å². The fraction of sp³-hybridized carbons (Fsp3) is 1.00. The first-order valence-corrected chi connectivity index (χ1v) is 7.91. The van der Waals surface area contributed by atoms with Crippen LogP contribution in [-0.2, 0) is 8.85 Å². The van der Waals surface area contributed by atoms with Gasteiger partial charge in [0.05, 0.1) is 0 Å². The molecule has 90 valence electrons. The zero-order valence-electron chi connectivity index (χ0n) is 10.1. The van der Waals surface area contributed by atoms with Crippen molar-refractivity contribution in [1.82, 2.24) is 5.32 Å². The van der Waals surface area contributed by atoms with E-state index in [1.54, 1.807) is 14.2 Å². The SMILES string of the molecule is CO[SiH](CCCNC1CCCCC1)OC. The summed E-state index contributed by atoms with van der Waals surface area (Å²) in [5, 5.41) is 3.64. The summed E-state index contributed by atoms with van der Waals surface area (Å²) < 4.78 is 10.6. The minimum absolute atomic E-state index is 0.781. The smallest absolute Gasteiger partial charge is 0.320 e. The summed E-state index contributed by atoms with van der Waals surface area (Å²) >= 11 is 0. The Balaban J connectivity index is 1.95. The predicted molar refractivity (Wildman–Crippen MR) is 65.5 cm³/mol. The second-order valence-electron chi connectivity index (χ2n) is 4.33. The molecule has 0 amide bonds. The van der Waals surface area contributed by atoms with Gasteiger partial charge in [-0.05, 0) is 31.9 Å². The van der Waals surface area contributed by atoms with E-state index in [0.717, 1.165) is 18.6 Å². The van der Waals surface area contributed by atoms with Crippen molar-refractivity contribution in [3.63, 3.8) is 0 Å². The summed E-state index contributed by atoms with van der Waals surface area (Å²) in [4.78, 5) is 0. The molecule has 0 unspecified atom stereocenters. The molecule has 1 aliphatic carbocycles. The number of hydrogen-bond donors (Lipinski definition) is 1. The third-order valence-electron chi connectivity index (χ3n) is 3.18. The molecular weight excluding hydrogens is 206 g/mol. The van der Waals surface area contributed by atoms with Gasteiger partial charge in [-0.25, -0.2) is 0 Å². The molecule has 0 aromatic rings. The number of hydrogen-bond acceptors (Lipinski definition) is 3. The van der Waals surface area contributed by atoms with E-state index in [9.17, 15) is 0 Å². The van der Waals surface area contributed by atoms with Gasteiger partial charge in [0, 0.05) is 20.3 Å². The van der Waals surface area contributed by atoms with Gasteiger partial charge in [-0.1, -0.05) is 19.3 Å². The maximum Gasteiger partial charge on any atom is 0.320 e. The Morgan fingerprint density at radius 1 is 1.13 bits per heavy atom. The van der Waals surface area contributed by atoms with Crippen molar-refractivity contribution in [3.05, 3.63) is 0 Å². The van der Waals surface area contributed by atoms with Gasteiger partial charge in [0.25, 0.3) is 0 Å². The van der Waals surface area contributed by atoms with E-state index in [1.807, 2.05) is 0 Å². The normalized spacial score (nSPS) is 18.6. The standard InChI is InChI=1S/C11H25NO2Si/c1-13-15(14-2)10-6-9-12-11-7-4-3-5-8-11/h11-12,15H,3-10H2,1-2H3. The molecule has 0 spiro atoms. The molecule has 0 bridgehead atoms. The third-order valence-corrected chi connectivity index (χ3v) is 5.11. The molecule has 0 radical (unpaired) electrons. The summed E-state index contributed by atoms with van der Waals surface area (Å²) in [5.41, 5.74) is 0. The van der Waals surface area contributed by atoms with E-state index < -0.39 is 9.28 Å². The van der Waals surface area contributed by atoms with E-state index in [-0.39, 0.29) is 0 Å². The lowest BCUT2D eigenvalue weighted by Crippen LogP contribution is -2.32. The van der Waals surface area contributed by atoms with Crippen molar-refractivity contribution >= 4 is 9.28 Å². The summed E-state index contributed by atoms with van der Waals surface area (Å²) in [5.74, 6) is 0. The first kappa shape index (κ1) is 13.2. The highest BCUT2D eigenvalue weighted by Gasteiger charge is 2.13. The van der Waals surface area contributed by atoms with E-state index in [0.29, 0.717) is 0 Å². The molecule has 1 N–H and O–H groups in total. The van der Waals surface area contributed by atoms with Crippen molar-refractivity contribution in [3.8, 4) is 0 Å². The van der Waals surface area contributed by atoms with Crippen molar-refractivity contribution in [2.75, 3.05) is 20.8 Å². The van der Waals surface area contributed by atoms with Gasteiger partial charge in [-0.15, -0.1) is 0 Å². The molecule has 3 nitrogen and oxygen atoms in total. The lowest BCUT2D eigenvalue weighted by Gasteiger charge is -2.23. The maximum absolute atomic E-state index is 5.28. The second kappa shape index (κ2) is 8.27. The fourth-order valence-electron chi connectivity index (χ4n) is 2.21. The van der Waals surface area contributed by atoms with E-state index in [2.05, 4.69) is 5.32 Å². The van der Waals surface area contributed by atoms with E-state index in [1.165, 1.54) is 38.5 Å². The zero-order chi connectivity index (χ0) is 10.9. The van der Waals surface area contributed by atoms with Crippen LogP contribution in [-0.4, -0.2) is 36.1 Å². The minimum atomic E-state index is -1.31. The Bertz CT molecular complexity index is 148. The van der Waals surface area contributed by atoms with Gasteiger partial charge in [-0.3, -0.25) is 0 Å². The zero-order valence-corrected chi connectivity index (χ0v) is 11.3. The molecular formula is C11H25NO2Si. The van der Waals surface area contributed by atoms with Crippen LogP contribution in [0.15, 0.2) is 0 Å². The van der Waals surface area contributed by atoms with Crippen LogP contribution in [0.1, 0.15) is 38.5 Å². The summed E-state index contributed by atoms with van der Waals surface area (Å²) in [6.07, 6.45) is 8.18. The lowest BCUT2D eigenvalue weighted by atomic mass is 9.95. The van der Waals surface area contributed by atoms with E-state index in [4.69, 9.17) is 8.85 Å². The molecule has 0 aromatic heterocycles. The van der Waals surface area contributed by atoms with Gasteiger partial charge in [-0.2, -0.15) is 0 Å². The van der Waals surface area contributed by atoms with Gasteiger partial charge in [0.2, 0.25) is 0 Å². The number of rotatable bonds is 7. The Kier molecular flexibility index (Phi) is 7.26. The molecule has 0 heterocycles. The molecule has 4 heteroatoms. The van der Waals surface area contributed by atoms with Crippen LogP contribution in [0.5, 0.6) is 0 Å². The predicted octanol–water partition coefficient (Wildman–Crippen LogP) is 1.81. The Morgan fingerprint density at radius 2 is 1.80 bits per heavy atom. The molecule has 0 aromatic carbocycles. The highest BCUT2D eigenvalue weighted by atomic mass is 28.3. The molecule has 15 heavy (non-hydrogen) atoms. The summed E-state index contributed by atoms with van der Waals surface area (Å²) in [6.45, 7) is 1.13. The van der Waals surface area contributed by atoms with Crippen molar-refractivity contribution < 1.29 is 8.85 Å². The highest BCUT2D eigenvalue weighted by Crippen LogP contribution is 2.17. The molecule has 0 saturated heterocycles. The average Bonchev–Trinajstić information content (AvgIpc) is 2.31. The van der Waals surface area contributed by atoms with Gasteiger partial charge < -0.3 is 14.2 Å². The van der Waals surface area contributed by atoms with Crippen LogP contribution < -0.4 is 5.32 Å². The van der Waals surface area contributed by atoms with Crippen LogP contribution in [0.25, 0.3) is 0 Å². The first-order valence-electron chi connectivity index (χ1n) is 6.15. The quantitative estimate of drug-likeness (QED) is 0.535. The van der Waals surface area contributed by atoms with Crippen LogP contribution >= 0.6 is 0 Å². The minimum Gasteiger partial charge on any atom is -0.400 e. The van der Waals surface area contributed by atoms with Gasteiger partial charge in [0.1, 0.15) is 0 Å². The third kappa shape index (κ3) is 5.66. The Hall–Kier alpha value is 0.0969. The highest BCUT2D eigenvalue weighted by molar-refractivity contribution is 6.44. The number of nitrogens with one attached hydrogen (secondary N) is 1. The maximum atomic E-state index is 5.28. The monoisotopic (exact) mass is 231 g/mol. The molecule has 1 aliphatic rings. The van der Waals surface area contributed by atoms with Gasteiger partial charge in [0.15, 0.2) is 0 Å². The average molecular weight is 231 g/mol. The lowest BCUT2D eigenvalue weighted by molar-refractivity contribution is 0.275. The van der Waals surface area contributed by atoms with Gasteiger partial charge >= 0.3 is 9.28 Å². The van der Waals surface area contributed by atoms with Crippen LogP contribution in [0, 0.1) is 0 Å². The van der Waals surface area contributed by atoms with Crippen LogP contribution in [0.2, 0.25) is 6.04 Å². The largest absolute Gasteiger partial charge is 0.400 e. The second-order valence-corrected chi connectivity index (χ2v) is 6.71. The van der Waals surface area contributed by atoms with Crippen molar-refractivity contribution in [1.29, 1.82) is 0 Å². The molecule has 1 saturated carbocycles. The van der Waals surface area contributed by atoms with Crippen molar-refractivity contribution in [2.45, 2.75) is 50.6 Å². The van der Waals surface area contributed by atoms with Crippen molar-refractivity contribution in [2.24, 2.45) is 0 Å². The van der Waals surface area contributed by atoms with E-state index >= 15 is 0 Å². The molecule has 1 rings (SSSR count). The summed E-state index contributed by atoms with van der Waals surface area (Å²) in [6, 6.07) is 1.90. The van der Waals surface area contributed by atoms with Crippen LogP contribution in [0.4, 0.5) is 0 Å².